The van der Waals surface area contributed by atoms with Crippen molar-refractivity contribution in [1.29, 1.82) is 0 Å². The number of carbonyl (C=O) groups is 4. The monoisotopic (exact) mass is 298 g/mol. The third kappa shape index (κ3) is 6.37. The minimum atomic E-state index is -0.678. The molecule has 0 aromatic rings. The number of nitrogens with zero attached hydrogens (tertiary/aromatic N) is 1. The lowest BCUT2D eigenvalue weighted by atomic mass is 9.97. The maximum atomic E-state index is 11.5. The van der Waals surface area contributed by atoms with E-state index in [0.717, 1.165) is 0 Å². The largest absolute Gasteiger partial charge is 0.356 e. The third-order valence-electron chi connectivity index (χ3n) is 2.80. The molecule has 1 fully saturated rings. The maximum Gasteiger partial charge on any atom is 0.333 e. The van der Waals surface area contributed by atoms with Crippen LogP contribution in [0.25, 0.3) is 0 Å². The standard InChI is InChI=1S/C14H22N2O5/c1-14(2,3)9-15-10(17)5-4-6-13(20)21-16-11(18)7-8-12(16)19/h4-9H2,1-3H3,(H,15,17). The van der Waals surface area contributed by atoms with Gasteiger partial charge in [-0.15, -0.1) is 5.06 Å². The maximum absolute atomic E-state index is 11.5. The Hall–Kier alpha value is -1.92. The molecule has 0 saturated carbocycles. The van der Waals surface area contributed by atoms with Crippen LogP contribution in [0.5, 0.6) is 0 Å². The average molecular weight is 298 g/mol. The molecule has 1 aliphatic heterocycles. The quantitative estimate of drug-likeness (QED) is 0.736. The Morgan fingerprint density at radius 3 is 2.24 bits per heavy atom. The van der Waals surface area contributed by atoms with Gasteiger partial charge < -0.3 is 10.2 Å². The van der Waals surface area contributed by atoms with Gasteiger partial charge >= 0.3 is 5.97 Å². The smallest absolute Gasteiger partial charge is 0.333 e. The molecule has 0 radical (unpaired) electrons. The molecule has 118 valence electrons. The molecule has 1 rings (SSSR count). The first-order valence-corrected chi connectivity index (χ1v) is 7.02. The summed E-state index contributed by atoms with van der Waals surface area (Å²) in [6, 6.07) is 0. The summed E-state index contributed by atoms with van der Waals surface area (Å²) < 4.78 is 0. The van der Waals surface area contributed by atoms with Crippen molar-refractivity contribution in [2.75, 3.05) is 6.54 Å². The normalized spacial score (nSPS) is 15.3. The van der Waals surface area contributed by atoms with Crippen LogP contribution < -0.4 is 5.32 Å². The number of rotatable bonds is 6. The Bertz CT molecular complexity index is 423. The van der Waals surface area contributed by atoms with Crippen molar-refractivity contribution in [3.8, 4) is 0 Å². The number of carbonyl (C=O) groups excluding carboxylic acids is 4. The van der Waals surface area contributed by atoms with E-state index in [9.17, 15) is 19.2 Å². The fourth-order valence-electron chi connectivity index (χ4n) is 1.65. The van der Waals surface area contributed by atoms with Crippen LogP contribution in [0.4, 0.5) is 0 Å². The van der Waals surface area contributed by atoms with Crippen molar-refractivity contribution in [3.05, 3.63) is 0 Å². The van der Waals surface area contributed by atoms with Crippen molar-refractivity contribution in [2.45, 2.75) is 52.9 Å². The second-order valence-electron chi connectivity index (χ2n) is 6.24. The lowest BCUT2D eigenvalue weighted by molar-refractivity contribution is -0.197. The Balaban J connectivity index is 2.20. The summed E-state index contributed by atoms with van der Waals surface area (Å²) in [5.74, 6) is -1.82. The fraction of sp³-hybridized carbons (Fsp3) is 0.714. The number of nitrogens with one attached hydrogen (secondary N) is 1. The molecule has 0 aromatic heterocycles. The van der Waals surface area contributed by atoms with Crippen LogP contribution in [-0.2, 0) is 24.0 Å². The second kappa shape index (κ2) is 7.19. The Kier molecular flexibility index (Phi) is 5.87. The highest BCUT2D eigenvalue weighted by atomic mass is 16.7. The van der Waals surface area contributed by atoms with Crippen molar-refractivity contribution in [2.24, 2.45) is 5.41 Å². The van der Waals surface area contributed by atoms with Gasteiger partial charge in [0.25, 0.3) is 11.8 Å². The van der Waals surface area contributed by atoms with Gasteiger partial charge in [0.1, 0.15) is 0 Å². The summed E-state index contributed by atoms with van der Waals surface area (Å²) in [7, 11) is 0. The molecule has 1 N–H and O–H groups in total. The van der Waals surface area contributed by atoms with E-state index in [1.807, 2.05) is 20.8 Å². The number of amides is 3. The van der Waals surface area contributed by atoms with Gasteiger partial charge in [-0.3, -0.25) is 14.4 Å². The molecule has 0 aromatic carbocycles. The summed E-state index contributed by atoms with van der Waals surface area (Å²) in [5.41, 5.74) is 0.00503. The Morgan fingerprint density at radius 2 is 1.71 bits per heavy atom. The zero-order chi connectivity index (χ0) is 16.0. The predicted octanol–water partition coefficient (Wildman–Crippen LogP) is 0.926. The third-order valence-corrected chi connectivity index (χ3v) is 2.80. The number of hydrogen-bond donors (Lipinski definition) is 1. The lowest BCUT2D eigenvalue weighted by Crippen LogP contribution is -2.33. The molecule has 0 bridgehead atoms. The van der Waals surface area contributed by atoms with Gasteiger partial charge in [0.05, 0.1) is 0 Å². The van der Waals surface area contributed by atoms with E-state index in [0.29, 0.717) is 18.0 Å². The van der Waals surface area contributed by atoms with Gasteiger partial charge in [-0.2, -0.15) is 0 Å². The average Bonchev–Trinajstić information content (AvgIpc) is 2.67. The van der Waals surface area contributed by atoms with E-state index in [4.69, 9.17) is 4.84 Å². The molecule has 7 heteroatoms. The predicted molar refractivity (Wildman–Crippen MR) is 73.5 cm³/mol. The van der Waals surface area contributed by atoms with Gasteiger partial charge in [-0.25, -0.2) is 4.79 Å². The molecule has 1 aliphatic rings. The van der Waals surface area contributed by atoms with Crippen LogP contribution in [-0.4, -0.2) is 35.3 Å². The van der Waals surface area contributed by atoms with Crippen molar-refractivity contribution in [3.63, 3.8) is 0 Å². The van der Waals surface area contributed by atoms with Crippen molar-refractivity contribution >= 4 is 23.7 Å². The van der Waals surface area contributed by atoms with Crippen molar-refractivity contribution in [1.82, 2.24) is 10.4 Å². The van der Waals surface area contributed by atoms with Crippen LogP contribution in [0.2, 0.25) is 0 Å². The topological polar surface area (TPSA) is 92.8 Å². The van der Waals surface area contributed by atoms with Crippen LogP contribution >= 0.6 is 0 Å². The number of hydroxylamine groups is 2. The van der Waals surface area contributed by atoms with Gasteiger partial charge in [0.2, 0.25) is 5.91 Å². The fourth-order valence-corrected chi connectivity index (χ4v) is 1.65. The van der Waals surface area contributed by atoms with E-state index < -0.39 is 17.8 Å². The summed E-state index contributed by atoms with van der Waals surface area (Å²) in [6.07, 6.45) is 0.640. The highest BCUT2D eigenvalue weighted by molar-refractivity contribution is 6.01. The number of imide groups is 1. The van der Waals surface area contributed by atoms with E-state index in [1.54, 1.807) is 0 Å². The van der Waals surface area contributed by atoms with Gasteiger partial charge in [-0.05, 0) is 11.8 Å². The zero-order valence-electron chi connectivity index (χ0n) is 12.7. The highest BCUT2D eigenvalue weighted by Gasteiger charge is 2.32. The van der Waals surface area contributed by atoms with Crippen LogP contribution in [0.15, 0.2) is 0 Å². The molecule has 21 heavy (non-hydrogen) atoms. The van der Waals surface area contributed by atoms with Gasteiger partial charge in [-0.1, -0.05) is 20.8 Å². The number of hydrogen-bond acceptors (Lipinski definition) is 5. The summed E-state index contributed by atoms with van der Waals surface area (Å²) in [5, 5.41) is 3.29. The molecule has 0 unspecified atom stereocenters. The van der Waals surface area contributed by atoms with Crippen LogP contribution in [0.1, 0.15) is 52.9 Å². The van der Waals surface area contributed by atoms with E-state index in [-0.39, 0.29) is 37.0 Å². The molecular weight excluding hydrogens is 276 g/mol. The van der Waals surface area contributed by atoms with Gasteiger partial charge in [0, 0.05) is 32.2 Å². The second-order valence-corrected chi connectivity index (χ2v) is 6.24. The summed E-state index contributed by atoms with van der Waals surface area (Å²) in [6.45, 7) is 6.59. The van der Waals surface area contributed by atoms with Crippen molar-refractivity contribution < 1.29 is 24.0 Å². The Morgan fingerprint density at radius 1 is 1.14 bits per heavy atom. The SMILES string of the molecule is CC(C)(C)CNC(=O)CCCC(=O)ON1C(=O)CCC1=O. The minimum Gasteiger partial charge on any atom is -0.356 e. The first-order chi connectivity index (χ1) is 9.69. The van der Waals surface area contributed by atoms with E-state index >= 15 is 0 Å². The molecule has 1 saturated heterocycles. The summed E-state index contributed by atoms with van der Waals surface area (Å²) >= 11 is 0. The molecule has 7 nitrogen and oxygen atoms in total. The summed E-state index contributed by atoms with van der Waals surface area (Å²) in [4.78, 5) is 50.2. The molecular formula is C14H22N2O5. The van der Waals surface area contributed by atoms with Crippen LogP contribution in [0, 0.1) is 5.41 Å². The van der Waals surface area contributed by atoms with Crippen LogP contribution in [0.3, 0.4) is 0 Å². The molecule has 0 atom stereocenters. The molecule has 0 aliphatic carbocycles. The van der Waals surface area contributed by atoms with E-state index in [2.05, 4.69) is 5.32 Å². The van der Waals surface area contributed by atoms with Gasteiger partial charge in [0.15, 0.2) is 0 Å². The first-order valence-electron chi connectivity index (χ1n) is 7.02. The Labute approximate surface area is 124 Å². The molecule has 3 amide bonds. The van der Waals surface area contributed by atoms with E-state index in [1.165, 1.54) is 0 Å². The minimum absolute atomic E-state index is 0.00503. The zero-order valence-corrected chi connectivity index (χ0v) is 12.7. The lowest BCUT2D eigenvalue weighted by Gasteiger charge is -2.18. The molecule has 1 heterocycles. The molecule has 0 spiro atoms. The first kappa shape index (κ1) is 17.1. The highest BCUT2D eigenvalue weighted by Crippen LogP contribution is 2.13.